The summed E-state index contributed by atoms with van der Waals surface area (Å²) in [4.78, 5) is 11.2. The van der Waals surface area contributed by atoms with E-state index in [4.69, 9.17) is 11.6 Å². The second-order valence-corrected chi connectivity index (χ2v) is 3.24. The summed E-state index contributed by atoms with van der Waals surface area (Å²) in [6.45, 7) is 3.43. The number of hydrogen-bond acceptors (Lipinski definition) is 1. The quantitative estimate of drug-likeness (QED) is 0.530. The van der Waals surface area contributed by atoms with Crippen LogP contribution in [0.2, 0.25) is 0 Å². The van der Waals surface area contributed by atoms with E-state index in [1.165, 1.54) is 6.07 Å². The van der Waals surface area contributed by atoms with Gasteiger partial charge in [0, 0.05) is 5.56 Å². The van der Waals surface area contributed by atoms with Crippen LogP contribution in [0.4, 0.5) is 4.39 Å². The molecule has 0 amide bonds. The third-order valence-electron chi connectivity index (χ3n) is 1.93. The Balaban J connectivity index is 3.23. The first kappa shape index (κ1) is 10.2. The summed E-state index contributed by atoms with van der Waals surface area (Å²) in [6.07, 6.45) is 0. The van der Waals surface area contributed by atoms with Crippen LogP contribution >= 0.6 is 11.6 Å². The molecule has 0 aliphatic heterocycles. The van der Waals surface area contributed by atoms with Gasteiger partial charge >= 0.3 is 0 Å². The fraction of sp³-hybridized carbons (Fsp3) is 0.300. The van der Waals surface area contributed by atoms with Gasteiger partial charge in [0.1, 0.15) is 5.82 Å². The zero-order valence-electron chi connectivity index (χ0n) is 7.53. The predicted octanol–water partition coefficient (Wildman–Crippen LogP) is 2.86. The largest absolute Gasteiger partial charge is 0.293 e. The fourth-order valence-corrected chi connectivity index (χ4v) is 1.34. The molecule has 0 atom stereocenters. The van der Waals surface area contributed by atoms with Gasteiger partial charge in [-0.2, -0.15) is 0 Å². The zero-order chi connectivity index (χ0) is 10.0. The topological polar surface area (TPSA) is 17.1 Å². The lowest BCUT2D eigenvalue weighted by atomic mass is 10.0. The highest BCUT2D eigenvalue weighted by Crippen LogP contribution is 2.15. The van der Waals surface area contributed by atoms with Crippen LogP contribution in [0.5, 0.6) is 0 Å². The number of aryl methyl sites for hydroxylation is 2. The van der Waals surface area contributed by atoms with Crippen LogP contribution in [0.25, 0.3) is 0 Å². The van der Waals surface area contributed by atoms with E-state index in [-0.39, 0.29) is 17.5 Å². The molecule has 13 heavy (non-hydrogen) atoms. The molecule has 0 unspecified atom stereocenters. The Labute approximate surface area is 81.5 Å². The Bertz CT molecular complexity index is 347. The first-order valence-corrected chi connectivity index (χ1v) is 4.45. The predicted molar refractivity (Wildman–Crippen MR) is 50.9 cm³/mol. The summed E-state index contributed by atoms with van der Waals surface area (Å²) in [7, 11) is 0. The maximum atomic E-state index is 13.1. The van der Waals surface area contributed by atoms with Crippen LogP contribution in [-0.2, 0) is 0 Å². The molecule has 0 N–H and O–H groups in total. The lowest BCUT2D eigenvalue weighted by Crippen LogP contribution is -2.04. The molecular formula is C10H10ClFO. The average Bonchev–Trinajstić information content (AvgIpc) is 2.10. The van der Waals surface area contributed by atoms with Gasteiger partial charge in [-0.1, -0.05) is 6.07 Å². The van der Waals surface area contributed by atoms with Crippen molar-refractivity contribution in [2.75, 3.05) is 5.88 Å². The molecule has 1 nitrogen and oxygen atoms in total. The van der Waals surface area contributed by atoms with Crippen molar-refractivity contribution < 1.29 is 9.18 Å². The summed E-state index contributed by atoms with van der Waals surface area (Å²) >= 11 is 5.38. The molecule has 1 rings (SSSR count). The number of ketones is 1. The molecule has 0 aliphatic rings. The Morgan fingerprint density at radius 2 is 2.00 bits per heavy atom. The molecule has 1 aromatic carbocycles. The van der Waals surface area contributed by atoms with Gasteiger partial charge in [0.05, 0.1) is 5.88 Å². The standard InChI is InChI=1S/C10H10ClFO/c1-6-3-7(2)9(12)4-8(6)10(13)5-11/h3-4H,5H2,1-2H3. The van der Waals surface area contributed by atoms with Crippen LogP contribution in [0, 0.1) is 19.7 Å². The summed E-state index contributed by atoms with van der Waals surface area (Å²) in [5.74, 6) is -0.708. The van der Waals surface area contributed by atoms with Gasteiger partial charge in [-0.25, -0.2) is 4.39 Å². The smallest absolute Gasteiger partial charge is 0.177 e. The van der Waals surface area contributed by atoms with Crippen LogP contribution in [0.15, 0.2) is 12.1 Å². The Morgan fingerprint density at radius 3 is 2.54 bits per heavy atom. The highest BCUT2D eigenvalue weighted by Gasteiger charge is 2.10. The maximum absolute atomic E-state index is 13.1. The molecule has 0 radical (unpaired) electrons. The Kier molecular flexibility index (Phi) is 3.04. The molecule has 0 heterocycles. The lowest BCUT2D eigenvalue weighted by Gasteiger charge is -2.04. The summed E-state index contributed by atoms with van der Waals surface area (Å²) < 4.78 is 13.1. The molecule has 0 fully saturated rings. The number of hydrogen-bond donors (Lipinski definition) is 0. The van der Waals surface area contributed by atoms with E-state index in [1.807, 2.05) is 0 Å². The van der Waals surface area contributed by atoms with Crippen LogP contribution < -0.4 is 0 Å². The first-order chi connectivity index (χ1) is 6.06. The van der Waals surface area contributed by atoms with Crippen molar-refractivity contribution >= 4 is 17.4 Å². The molecule has 0 bridgehead atoms. The van der Waals surface area contributed by atoms with E-state index < -0.39 is 0 Å². The van der Waals surface area contributed by atoms with Gasteiger partial charge in [-0.3, -0.25) is 4.79 Å². The van der Waals surface area contributed by atoms with E-state index in [9.17, 15) is 9.18 Å². The van der Waals surface area contributed by atoms with Crippen LogP contribution in [0.1, 0.15) is 21.5 Å². The molecule has 3 heteroatoms. The lowest BCUT2D eigenvalue weighted by molar-refractivity contribution is 0.102. The van der Waals surface area contributed by atoms with Crippen molar-refractivity contribution in [1.29, 1.82) is 0 Å². The highest BCUT2D eigenvalue weighted by atomic mass is 35.5. The number of carbonyl (C=O) groups is 1. The summed E-state index contributed by atoms with van der Waals surface area (Å²) in [5, 5.41) is 0. The number of benzene rings is 1. The second kappa shape index (κ2) is 3.88. The molecule has 0 spiro atoms. The van der Waals surface area contributed by atoms with E-state index >= 15 is 0 Å². The molecule has 0 aromatic heterocycles. The van der Waals surface area contributed by atoms with Crippen molar-refractivity contribution in [3.8, 4) is 0 Å². The Morgan fingerprint density at radius 1 is 1.38 bits per heavy atom. The van der Waals surface area contributed by atoms with E-state index in [0.717, 1.165) is 5.56 Å². The Hall–Kier alpha value is -0.890. The van der Waals surface area contributed by atoms with Crippen molar-refractivity contribution in [3.05, 3.63) is 34.6 Å². The van der Waals surface area contributed by atoms with Crippen molar-refractivity contribution in [2.45, 2.75) is 13.8 Å². The number of halogens is 2. The first-order valence-electron chi connectivity index (χ1n) is 3.92. The maximum Gasteiger partial charge on any atom is 0.177 e. The van der Waals surface area contributed by atoms with Gasteiger partial charge < -0.3 is 0 Å². The third kappa shape index (κ3) is 2.07. The number of alkyl halides is 1. The minimum atomic E-state index is -0.362. The van der Waals surface area contributed by atoms with E-state index in [2.05, 4.69) is 0 Å². The molecule has 70 valence electrons. The fourth-order valence-electron chi connectivity index (χ4n) is 1.20. The highest BCUT2D eigenvalue weighted by molar-refractivity contribution is 6.30. The van der Waals surface area contributed by atoms with Gasteiger partial charge in [-0.05, 0) is 31.0 Å². The summed E-state index contributed by atoms with van der Waals surface area (Å²) in [5.41, 5.74) is 1.69. The van der Waals surface area contributed by atoms with Gasteiger partial charge in [0.15, 0.2) is 5.78 Å². The van der Waals surface area contributed by atoms with Crippen molar-refractivity contribution in [2.24, 2.45) is 0 Å². The number of carbonyl (C=O) groups excluding carboxylic acids is 1. The zero-order valence-corrected chi connectivity index (χ0v) is 8.28. The number of rotatable bonds is 2. The molecule has 0 saturated carbocycles. The summed E-state index contributed by atoms with van der Waals surface area (Å²) in [6, 6.07) is 2.89. The molecular weight excluding hydrogens is 191 g/mol. The molecule has 0 saturated heterocycles. The van der Waals surface area contributed by atoms with Crippen LogP contribution in [-0.4, -0.2) is 11.7 Å². The molecule has 0 aliphatic carbocycles. The van der Waals surface area contributed by atoms with Gasteiger partial charge in [0.25, 0.3) is 0 Å². The second-order valence-electron chi connectivity index (χ2n) is 2.97. The molecule has 1 aromatic rings. The monoisotopic (exact) mass is 200 g/mol. The minimum Gasteiger partial charge on any atom is -0.293 e. The van der Waals surface area contributed by atoms with Gasteiger partial charge in [0.2, 0.25) is 0 Å². The van der Waals surface area contributed by atoms with Crippen molar-refractivity contribution in [3.63, 3.8) is 0 Å². The van der Waals surface area contributed by atoms with Gasteiger partial charge in [-0.15, -0.1) is 11.6 Å². The van der Waals surface area contributed by atoms with Crippen molar-refractivity contribution in [1.82, 2.24) is 0 Å². The normalized spacial score (nSPS) is 10.2. The SMILES string of the molecule is Cc1cc(C)c(C(=O)CCl)cc1F. The number of Topliss-reactive ketones (excluding diaryl/α,β-unsaturated/α-hetero) is 1. The van der Waals surface area contributed by atoms with E-state index in [1.54, 1.807) is 19.9 Å². The van der Waals surface area contributed by atoms with E-state index in [0.29, 0.717) is 11.1 Å². The average molecular weight is 201 g/mol. The minimum absolute atomic E-state index is 0.108. The van der Waals surface area contributed by atoms with Crippen LogP contribution in [0.3, 0.4) is 0 Å². The third-order valence-corrected chi connectivity index (χ3v) is 2.17.